The molecule has 0 aromatic heterocycles. The van der Waals surface area contributed by atoms with Crippen molar-refractivity contribution >= 4 is 17.4 Å². The summed E-state index contributed by atoms with van der Waals surface area (Å²) in [5, 5.41) is 0. The van der Waals surface area contributed by atoms with Crippen LogP contribution in [0.4, 0.5) is 5.69 Å². The molecule has 0 aliphatic carbocycles. The molecule has 0 spiro atoms. The van der Waals surface area contributed by atoms with E-state index in [1.807, 2.05) is 19.1 Å². The summed E-state index contributed by atoms with van der Waals surface area (Å²) in [5.41, 5.74) is 2.15. The van der Waals surface area contributed by atoms with Crippen molar-refractivity contribution in [3.63, 3.8) is 0 Å². The molecule has 1 aromatic carbocycles. The second kappa shape index (κ2) is 6.21. The summed E-state index contributed by atoms with van der Waals surface area (Å²) < 4.78 is 0. The zero-order chi connectivity index (χ0) is 14.7. The van der Waals surface area contributed by atoms with E-state index in [0.717, 1.165) is 12.1 Å². The van der Waals surface area contributed by atoms with E-state index in [0.29, 0.717) is 25.3 Å². The molecular weight excluding hydrogens is 250 g/mol. The average molecular weight is 273 g/mol. The molecule has 1 amide bonds. The fourth-order valence-electron chi connectivity index (χ4n) is 2.73. The quantitative estimate of drug-likeness (QED) is 0.787. The van der Waals surface area contributed by atoms with E-state index in [9.17, 15) is 9.59 Å². The maximum Gasteiger partial charge on any atom is 0.237 e. The van der Waals surface area contributed by atoms with Crippen LogP contribution in [0.1, 0.15) is 51.5 Å². The van der Waals surface area contributed by atoms with Crippen molar-refractivity contribution in [2.24, 2.45) is 5.92 Å². The number of amides is 1. The van der Waals surface area contributed by atoms with Crippen molar-refractivity contribution in [3.05, 3.63) is 29.8 Å². The molecule has 1 saturated heterocycles. The van der Waals surface area contributed by atoms with E-state index in [1.165, 1.54) is 5.56 Å². The molecule has 2 rings (SSSR count). The van der Waals surface area contributed by atoms with E-state index in [2.05, 4.69) is 26.0 Å². The van der Waals surface area contributed by atoms with Crippen LogP contribution in [-0.2, 0) is 9.59 Å². The first-order valence-electron chi connectivity index (χ1n) is 7.48. The molecule has 3 nitrogen and oxygen atoms in total. The zero-order valence-electron chi connectivity index (χ0n) is 12.6. The van der Waals surface area contributed by atoms with E-state index >= 15 is 0 Å². The van der Waals surface area contributed by atoms with E-state index in [1.54, 1.807) is 4.90 Å². The van der Waals surface area contributed by atoms with Gasteiger partial charge >= 0.3 is 0 Å². The monoisotopic (exact) mass is 273 g/mol. The predicted octanol–water partition coefficient (Wildman–Crippen LogP) is 3.53. The fourth-order valence-corrected chi connectivity index (χ4v) is 2.73. The lowest BCUT2D eigenvalue weighted by Crippen LogP contribution is -2.44. The lowest BCUT2D eigenvalue weighted by atomic mass is 9.91. The van der Waals surface area contributed by atoms with Gasteiger partial charge in [-0.25, -0.2) is 0 Å². The number of carbonyl (C=O) groups excluding carboxylic acids is 2. The van der Waals surface area contributed by atoms with Gasteiger partial charge in [-0.2, -0.15) is 0 Å². The van der Waals surface area contributed by atoms with Crippen molar-refractivity contribution in [1.29, 1.82) is 0 Å². The molecule has 1 heterocycles. The van der Waals surface area contributed by atoms with Crippen LogP contribution < -0.4 is 4.90 Å². The Morgan fingerprint density at radius 1 is 1.40 bits per heavy atom. The van der Waals surface area contributed by atoms with E-state index < -0.39 is 5.92 Å². The third-order valence-electron chi connectivity index (χ3n) is 4.02. The van der Waals surface area contributed by atoms with Gasteiger partial charge in [0.1, 0.15) is 5.78 Å². The van der Waals surface area contributed by atoms with Crippen LogP contribution in [0.15, 0.2) is 24.3 Å². The van der Waals surface area contributed by atoms with Crippen molar-refractivity contribution in [1.82, 2.24) is 0 Å². The first-order chi connectivity index (χ1) is 9.54. The summed E-state index contributed by atoms with van der Waals surface area (Å²) >= 11 is 0. The van der Waals surface area contributed by atoms with Gasteiger partial charge in [-0.1, -0.05) is 32.9 Å². The topological polar surface area (TPSA) is 37.4 Å². The number of Topliss-reactive ketones (excluding diaryl/α,β-unsaturated/α-hetero) is 1. The summed E-state index contributed by atoms with van der Waals surface area (Å²) in [6.45, 7) is 6.82. The smallest absolute Gasteiger partial charge is 0.237 e. The summed E-state index contributed by atoms with van der Waals surface area (Å²) in [6.07, 6.45) is 2.04. The van der Waals surface area contributed by atoms with Crippen LogP contribution in [0.3, 0.4) is 0 Å². The maximum atomic E-state index is 12.5. The number of rotatable bonds is 4. The SMILES string of the molecule is CCC(=O)[C@H]1CCCN(c2cccc(C(C)C)c2)C1=O. The Morgan fingerprint density at radius 2 is 2.15 bits per heavy atom. The van der Waals surface area contributed by atoms with Crippen molar-refractivity contribution in [3.8, 4) is 0 Å². The Hall–Kier alpha value is -1.64. The molecule has 0 bridgehead atoms. The van der Waals surface area contributed by atoms with Gasteiger partial charge in [0.15, 0.2) is 0 Å². The summed E-state index contributed by atoms with van der Waals surface area (Å²) in [6, 6.07) is 8.10. The summed E-state index contributed by atoms with van der Waals surface area (Å²) in [4.78, 5) is 26.2. The van der Waals surface area contributed by atoms with Crippen molar-refractivity contribution < 1.29 is 9.59 Å². The van der Waals surface area contributed by atoms with Crippen molar-refractivity contribution in [2.75, 3.05) is 11.4 Å². The van der Waals surface area contributed by atoms with Crippen LogP contribution in [0.2, 0.25) is 0 Å². The number of ketones is 1. The minimum atomic E-state index is -0.434. The Bertz CT molecular complexity index is 507. The molecular formula is C17H23NO2. The largest absolute Gasteiger partial charge is 0.312 e. The average Bonchev–Trinajstić information content (AvgIpc) is 2.46. The van der Waals surface area contributed by atoms with Gasteiger partial charge in [0.2, 0.25) is 5.91 Å². The number of hydrogen-bond acceptors (Lipinski definition) is 2. The molecule has 3 heteroatoms. The second-order valence-corrected chi connectivity index (χ2v) is 5.75. The normalized spacial score (nSPS) is 19.5. The first-order valence-corrected chi connectivity index (χ1v) is 7.48. The van der Waals surface area contributed by atoms with Gasteiger partial charge < -0.3 is 4.90 Å². The minimum absolute atomic E-state index is 0.0241. The lowest BCUT2D eigenvalue weighted by Gasteiger charge is -2.32. The highest BCUT2D eigenvalue weighted by atomic mass is 16.2. The van der Waals surface area contributed by atoms with Crippen molar-refractivity contribution in [2.45, 2.75) is 46.0 Å². The van der Waals surface area contributed by atoms with E-state index in [4.69, 9.17) is 0 Å². The Labute approximate surface area is 121 Å². The minimum Gasteiger partial charge on any atom is -0.312 e. The van der Waals surface area contributed by atoms with Gasteiger partial charge in [0, 0.05) is 18.7 Å². The Morgan fingerprint density at radius 3 is 2.80 bits per heavy atom. The molecule has 1 fully saturated rings. The number of anilines is 1. The highest BCUT2D eigenvalue weighted by Crippen LogP contribution is 2.28. The Balaban J connectivity index is 2.25. The van der Waals surface area contributed by atoms with Gasteiger partial charge in [0.25, 0.3) is 0 Å². The number of piperidine rings is 1. The molecule has 0 radical (unpaired) electrons. The van der Waals surface area contributed by atoms with Gasteiger partial charge in [-0.3, -0.25) is 9.59 Å². The van der Waals surface area contributed by atoms with Crippen LogP contribution in [0.5, 0.6) is 0 Å². The van der Waals surface area contributed by atoms with Crippen LogP contribution in [0.25, 0.3) is 0 Å². The highest BCUT2D eigenvalue weighted by Gasteiger charge is 2.33. The first kappa shape index (κ1) is 14.8. The van der Waals surface area contributed by atoms with Gasteiger partial charge in [-0.05, 0) is 36.5 Å². The summed E-state index contributed by atoms with van der Waals surface area (Å²) in [7, 11) is 0. The Kier molecular flexibility index (Phi) is 4.58. The van der Waals surface area contributed by atoms with Crippen LogP contribution in [-0.4, -0.2) is 18.2 Å². The molecule has 1 aromatic rings. The van der Waals surface area contributed by atoms with Gasteiger partial charge in [0.05, 0.1) is 5.92 Å². The molecule has 0 N–H and O–H groups in total. The molecule has 20 heavy (non-hydrogen) atoms. The standard InChI is InChI=1S/C17H23NO2/c1-4-16(19)15-9-6-10-18(17(15)20)14-8-5-7-13(11-14)12(2)3/h5,7-8,11-12,15H,4,6,9-10H2,1-3H3/t15-/m1/s1. The third-order valence-corrected chi connectivity index (χ3v) is 4.02. The van der Waals surface area contributed by atoms with Crippen LogP contribution >= 0.6 is 0 Å². The molecule has 1 aliphatic heterocycles. The maximum absolute atomic E-state index is 12.5. The predicted molar refractivity (Wildman–Crippen MR) is 80.9 cm³/mol. The molecule has 108 valence electrons. The van der Waals surface area contributed by atoms with Crippen LogP contribution in [0, 0.1) is 5.92 Å². The number of hydrogen-bond donors (Lipinski definition) is 0. The lowest BCUT2D eigenvalue weighted by molar-refractivity contribution is -0.133. The number of carbonyl (C=O) groups is 2. The number of benzene rings is 1. The molecule has 0 saturated carbocycles. The molecule has 1 aliphatic rings. The summed E-state index contributed by atoms with van der Waals surface area (Å²) in [5.74, 6) is 0.0445. The highest BCUT2D eigenvalue weighted by molar-refractivity contribution is 6.08. The fraction of sp³-hybridized carbons (Fsp3) is 0.529. The molecule has 1 atom stereocenters. The zero-order valence-corrected chi connectivity index (χ0v) is 12.6. The number of nitrogens with zero attached hydrogens (tertiary/aromatic N) is 1. The molecule has 0 unspecified atom stereocenters. The second-order valence-electron chi connectivity index (χ2n) is 5.75. The van der Waals surface area contributed by atoms with Gasteiger partial charge in [-0.15, -0.1) is 0 Å². The van der Waals surface area contributed by atoms with E-state index in [-0.39, 0.29) is 11.7 Å². The third kappa shape index (κ3) is 2.92.